The highest BCUT2D eigenvalue weighted by molar-refractivity contribution is 5.68. The number of amides is 1. The summed E-state index contributed by atoms with van der Waals surface area (Å²) in [4.78, 5) is 11.5. The van der Waals surface area contributed by atoms with Crippen LogP contribution in [0.15, 0.2) is 0 Å². The fourth-order valence-electron chi connectivity index (χ4n) is 1.82. The summed E-state index contributed by atoms with van der Waals surface area (Å²) in [7, 11) is 0. The van der Waals surface area contributed by atoms with E-state index in [0.717, 1.165) is 24.5 Å². The molecule has 0 bridgehead atoms. The van der Waals surface area contributed by atoms with Gasteiger partial charge in [-0.15, -0.1) is 0 Å². The molecule has 0 unspecified atom stereocenters. The lowest BCUT2D eigenvalue weighted by Gasteiger charge is -2.19. The fourth-order valence-corrected chi connectivity index (χ4v) is 1.82. The standard InChI is InChI=1S/C14H27N5O2/c1-6-9-19-12(11(15)10(2)18-19)16-7-8-17-13(20)21-14(3,4)5/h16H,6-9,15H2,1-5H3,(H,17,20). The van der Waals surface area contributed by atoms with Crippen LogP contribution in [-0.4, -0.2) is 34.6 Å². The van der Waals surface area contributed by atoms with Crippen molar-refractivity contribution in [1.82, 2.24) is 15.1 Å². The van der Waals surface area contributed by atoms with Gasteiger partial charge in [0, 0.05) is 19.6 Å². The van der Waals surface area contributed by atoms with Crippen molar-refractivity contribution in [3.8, 4) is 0 Å². The van der Waals surface area contributed by atoms with Gasteiger partial charge in [0.15, 0.2) is 0 Å². The van der Waals surface area contributed by atoms with Gasteiger partial charge in [-0.25, -0.2) is 9.48 Å². The van der Waals surface area contributed by atoms with Crippen molar-refractivity contribution < 1.29 is 9.53 Å². The minimum absolute atomic E-state index is 0.421. The van der Waals surface area contributed by atoms with Gasteiger partial charge in [-0.1, -0.05) is 6.92 Å². The number of hydrogen-bond acceptors (Lipinski definition) is 5. The van der Waals surface area contributed by atoms with Gasteiger partial charge in [0.2, 0.25) is 0 Å². The Labute approximate surface area is 126 Å². The number of carbonyl (C=O) groups excluding carboxylic acids is 1. The number of hydrogen-bond donors (Lipinski definition) is 3. The molecule has 0 saturated heterocycles. The minimum Gasteiger partial charge on any atom is -0.444 e. The molecule has 0 aliphatic carbocycles. The molecular formula is C14H27N5O2. The lowest BCUT2D eigenvalue weighted by atomic mass is 10.2. The van der Waals surface area contributed by atoms with E-state index >= 15 is 0 Å². The van der Waals surface area contributed by atoms with E-state index in [4.69, 9.17) is 10.5 Å². The molecule has 0 aromatic carbocycles. The Hall–Kier alpha value is -1.92. The molecule has 0 atom stereocenters. The summed E-state index contributed by atoms with van der Waals surface area (Å²) in [5.41, 5.74) is 6.98. The van der Waals surface area contributed by atoms with Crippen molar-refractivity contribution >= 4 is 17.6 Å². The summed E-state index contributed by atoms with van der Waals surface area (Å²) in [6.45, 7) is 11.3. The summed E-state index contributed by atoms with van der Waals surface area (Å²) in [6.07, 6.45) is 0.557. The van der Waals surface area contributed by atoms with Gasteiger partial charge in [-0.05, 0) is 34.1 Å². The van der Waals surface area contributed by atoms with Gasteiger partial charge >= 0.3 is 6.09 Å². The van der Waals surface area contributed by atoms with Gasteiger partial charge in [0.05, 0.1) is 11.4 Å². The fraction of sp³-hybridized carbons (Fsp3) is 0.714. The maximum absolute atomic E-state index is 11.5. The first-order chi connectivity index (χ1) is 9.74. The van der Waals surface area contributed by atoms with Crippen molar-refractivity contribution in [3.05, 3.63) is 5.69 Å². The number of anilines is 2. The van der Waals surface area contributed by atoms with Gasteiger partial charge in [0.1, 0.15) is 11.4 Å². The zero-order chi connectivity index (χ0) is 16.0. The van der Waals surface area contributed by atoms with Crippen LogP contribution in [0.25, 0.3) is 0 Å². The highest BCUT2D eigenvalue weighted by Gasteiger charge is 2.16. The maximum atomic E-state index is 11.5. The van der Waals surface area contributed by atoms with Crippen LogP contribution < -0.4 is 16.4 Å². The van der Waals surface area contributed by atoms with E-state index in [9.17, 15) is 4.79 Å². The zero-order valence-corrected chi connectivity index (χ0v) is 13.6. The summed E-state index contributed by atoms with van der Waals surface area (Å²) < 4.78 is 7.02. The SMILES string of the molecule is CCCn1nc(C)c(N)c1NCCNC(=O)OC(C)(C)C. The van der Waals surface area contributed by atoms with E-state index in [1.165, 1.54) is 0 Å². The lowest BCUT2D eigenvalue weighted by Crippen LogP contribution is -2.35. The molecule has 1 rings (SSSR count). The van der Waals surface area contributed by atoms with E-state index in [-0.39, 0.29) is 0 Å². The van der Waals surface area contributed by atoms with Crippen LogP contribution in [0.1, 0.15) is 39.8 Å². The number of aryl methyl sites for hydroxylation is 2. The largest absolute Gasteiger partial charge is 0.444 e. The highest BCUT2D eigenvalue weighted by atomic mass is 16.6. The molecule has 7 nitrogen and oxygen atoms in total. The summed E-state index contributed by atoms with van der Waals surface area (Å²) in [6, 6.07) is 0. The van der Waals surface area contributed by atoms with Crippen LogP contribution in [-0.2, 0) is 11.3 Å². The average Bonchev–Trinajstić information content (AvgIpc) is 2.60. The van der Waals surface area contributed by atoms with Crippen molar-refractivity contribution in [2.24, 2.45) is 0 Å². The summed E-state index contributed by atoms with van der Waals surface area (Å²) >= 11 is 0. The molecule has 0 saturated carbocycles. The molecular weight excluding hydrogens is 270 g/mol. The zero-order valence-electron chi connectivity index (χ0n) is 13.6. The Morgan fingerprint density at radius 3 is 2.62 bits per heavy atom. The summed E-state index contributed by atoms with van der Waals surface area (Å²) in [5.74, 6) is 0.806. The molecule has 1 aromatic heterocycles. The van der Waals surface area contributed by atoms with E-state index in [1.807, 2.05) is 32.4 Å². The Morgan fingerprint density at radius 1 is 1.38 bits per heavy atom. The molecule has 4 N–H and O–H groups in total. The Bertz CT molecular complexity index is 476. The number of nitrogens with zero attached hydrogens (tertiary/aromatic N) is 2. The molecule has 0 aliphatic heterocycles. The van der Waals surface area contributed by atoms with Crippen LogP contribution >= 0.6 is 0 Å². The number of ether oxygens (including phenoxy) is 1. The van der Waals surface area contributed by atoms with Crippen molar-refractivity contribution in [2.45, 2.75) is 53.2 Å². The number of rotatable bonds is 6. The molecule has 1 aromatic rings. The maximum Gasteiger partial charge on any atom is 0.407 e. The van der Waals surface area contributed by atoms with Gasteiger partial charge in [-0.3, -0.25) is 0 Å². The third kappa shape index (κ3) is 5.53. The van der Waals surface area contributed by atoms with Crippen LogP contribution in [0.2, 0.25) is 0 Å². The number of nitrogens with two attached hydrogens (primary N) is 1. The highest BCUT2D eigenvalue weighted by Crippen LogP contribution is 2.22. The van der Waals surface area contributed by atoms with Crippen molar-refractivity contribution in [2.75, 3.05) is 24.1 Å². The minimum atomic E-state index is -0.487. The van der Waals surface area contributed by atoms with E-state index in [1.54, 1.807) is 0 Å². The predicted molar refractivity (Wildman–Crippen MR) is 84.4 cm³/mol. The second-order valence-electron chi connectivity index (χ2n) is 5.93. The van der Waals surface area contributed by atoms with Crippen LogP contribution in [0.3, 0.4) is 0 Å². The van der Waals surface area contributed by atoms with Gasteiger partial charge < -0.3 is 21.1 Å². The Morgan fingerprint density at radius 2 is 2.05 bits per heavy atom. The number of carbonyl (C=O) groups is 1. The Balaban J connectivity index is 2.44. The Kier molecular flexibility index (Phi) is 5.87. The molecule has 0 radical (unpaired) electrons. The number of nitrogens with one attached hydrogen (secondary N) is 2. The normalized spacial score (nSPS) is 11.3. The predicted octanol–water partition coefficient (Wildman–Crippen LogP) is 2.12. The first kappa shape index (κ1) is 17.1. The van der Waals surface area contributed by atoms with E-state index < -0.39 is 11.7 Å². The molecule has 0 aliphatic rings. The van der Waals surface area contributed by atoms with Gasteiger partial charge in [0.25, 0.3) is 0 Å². The topological polar surface area (TPSA) is 94.2 Å². The monoisotopic (exact) mass is 297 g/mol. The third-order valence-corrected chi connectivity index (χ3v) is 2.69. The van der Waals surface area contributed by atoms with Gasteiger partial charge in [-0.2, -0.15) is 5.10 Å². The van der Waals surface area contributed by atoms with Crippen LogP contribution in [0.5, 0.6) is 0 Å². The molecule has 0 fully saturated rings. The first-order valence-electron chi connectivity index (χ1n) is 7.28. The third-order valence-electron chi connectivity index (χ3n) is 2.69. The van der Waals surface area contributed by atoms with Crippen LogP contribution in [0.4, 0.5) is 16.3 Å². The second-order valence-corrected chi connectivity index (χ2v) is 5.93. The number of alkyl carbamates (subject to hydrolysis) is 1. The molecule has 120 valence electrons. The molecule has 1 amide bonds. The summed E-state index contributed by atoms with van der Waals surface area (Å²) in [5, 5.41) is 10.3. The smallest absolute Gasteiger partial charge is 0.407 e. The number of aromatic nitrogens is 2. The molecule has 0 spiro atoms. The van der Waals surface area contributed by atoms with E-state index in [0.29, 0.717) is 18.8 Å². The van der Waals surface area contributed by atoms with Crippen LogP contribution in [0, 0.1) is 6.92 Å². The average molecular weight is 297 g/mol. The quantitative estimate of drug-likeness (QED) is 0.699. The van der Waals surface area contributed by atoms with Crippen molar-refractivity contribution in [3.63, 3.8) is 0 Å². The van der Waals surface area contributed by atoms with E-state index in [2.05, 4.69) is 22.7 Å². The first-order valence-corrected chi connectivity index (χ1v) is 7.28. The second kappa shape index (κ2) is 7.19. The molecule has 1 heterocycles. The molecule has 7 heteroatoms. The molecule has 21 heavy (non-hydrogen) atoms. The van der Waals surface area contributed by atoms with Crippen molar-refractivity contribution in [1.29, 1.82) is 0 Å². The lowest BCUT2D eigenvalue weighted by molar-refractivity contribution is 0.0530. The number of nitrogen functional groups attached to an aromatic ring is 1.